The van der Waals surface area contributed by atoms with Gasteiger partial charge in [-0.1, -0.05) is 30.3 Å². The summed E-state index contributed by atoms with van der Waals surface area (Å²) in [7, 11) is 0. The summed E-state index contributed by atoms with van der Waals surface area (Å²) in [5.41, 5.74) is 4.19. The third-order valence-corrected chi connectivity index (χ3v) is 4.25. The standard InChI is InChI=1S/C19H20N2O3/c1-13-6-7-14(12-22)10-16(13)20-18(23)11-21-17-5-3-2-4-15(17)8-9-19(21)24/h2-7,10,22H,8-9,11-12H2,1H3,(H,20,23). The minimum absolute atomic E-state index is 0.0152. The maximum atomic E-state index is 12.4. The summed E-state index contributed by atoms with van der Waals surface area (Å²) in [6, 6.07) is 13.1. The van der Waals surface area contributed by atoms with Crippen molar-refractivity contribution in [2.45, 2.75) is 26.4 Å². The molecule has 0 fully saturated rings. The molecule has 1 aliphatic heterocycles. The lowest BCUT2D eigenvalue weighted by molar-refractivity contribution is -0.121. The van der Waals surface area contributed by atoms with E-state index in [4.69, 9.17) is 0 Å². The SMILES string of the molecule is Cc1ccc(CO)cc1NC(=O)CN1C(=O)CCc2ccccc21. The van der Waals surface area contributed by atoms with E-state index in [1.165, 1.54) is 0 Å². The number of fused-ring (bicyclic) bond motifs is 1. The molecule has 2 amide bonds. The number of carbonyl (C=O) groups excluding carboxylic acids is 2. The first-order valence-corrected chi connectivity index (χ1v) is 7.97. The largest absolute Gasteiger partial charge is 0.392 e. The Kier molecular flexibility index (Phi) is 4.62. The summed E-state index contributed by atoms with van der Waals surface area (Å²) in [6.07, 6.45) is 1.13. The van der Waals surface area contributed by atoms with Crippen LogP contribution in [0.25, 0.3) is 0 Å². The number of nitrogens with one attached hydrogen (secondary N) is 1. The molecule has 0 radical (unpaired) electrons. The van der Waals surface area contributed by atoms with Crippen molar-refractivity contribution in [3.63, 3.8) is 0 Å². The Morgan fingerprint density at radius 1 is 1.21 bits per heavy atom. The van der Waals surface area contributed by atoms with Crippen molar-refractivity contribution in [2.75, 3.05) is 16.8 Å². The van der Waals surface area contributed by atoms with Crippen LogP contribution in [0.3, 0.4) is 0 Å². The molecule has 2 aromatic carbocycles. The number of anilines is 2. The van der Waals surface area contributed by atoms with Gasteiger partial charge in [-0.3, -0.25) is 9.59 Å². The molecule has 5 heteroatoms. The van der Waals surface area contributed by atoms with E-state index in [0.29, 0.717) is 18.5 Å². The molecule has 0 saturated carbocycles. The molecule has 5 nitrogen and oxygen atoms in total. The summed E-state index contributed by atoms with van der Waals surface area (Å²) in [4.78, 5) is 26.2. The van der Waals surface area contributed by atoms with Gasteiger partial charge in [-0.05, 0) is 42.2 Å². The monoisotopic (exact) mass is 324 g/mol. The lowest BCUT2D eigenvalue weighted by Crippen LogP contribution is -2.40. The second kappa shape index (κ2) is 6.84. The van der Waals surface area contributed by atoms with Crippen molar-refractivity contribution in [2.24, 2.45) is 0 Å². The molecule has 2 aromatic rings. The number of aliphatic hydroxyl groups excluding tert-OH is 1. The van der Waals surface area contributed by atoms with Crippen LogP contribution in [-0.2, 0) is 22.6 Å². The highest BCUT2D eigenvalue weighted by Crippen LogP contribution is 2.27. The third-order valence-electron chi connectivity index (χ3n) is 4.25. The van der Waals surface area contributed by atoms with E-state index in [0.717, 1.165) is 22.4 Å². The molecule has 0 bridgehead atoms. The van der Waals surface area contributed by atoms with Gasteiger partial charge in [0.2, 0.25) is 11.8 Å². The predicted octanol–water partition coefficient (Wildman–Crippen LogP) is 2.41. The van der Waals surface area contributed by atoms with Gasteiger partial charge in [0, 0.05) is 17.8 Å². The van der Waals surface area contributed by atoms with Crippen molar-refractivity contribution in [3.8, 4) is 0 Å². The Morgan fingerprint density at radius 2 is 2.00 bits per heavy atom. The molecule has 24 heavy (non-hydrogen) atoms. The third kappa shape index (κ3) is 3.31. The second-order valence-electron chi connectivity index (χ2n) is 5.96. The smallest absolute Gasteiger partial charge is 0.244 e. The molecule has 124 valence electrons. The zero-order valence-electron chi connectivity index (χ0n) is 13.6. The summed E-state index contributed by atoms with van der Waals surface area (Å²) >= 11 is 0. The molecule has 0 saturated heterocycles. The van der Waals surface area contributed by atoms with Gasteiger partial charge in [0.05, 0.1) is 6.61 Å². The fourth-order valence-corrected chi connectivity index (χ4v) is 2.91. The number of benzene rings is 2. The Labute approximate surface area is 140 Å². The number of rotatable bonds is 4. The van der Waals surface area contributed by atoms with Gasteiger partial charge in [0.25, 0.3) is 0 Å². The molecule has 0 aliphatic carbocycles. The number of para-hydroxylation sites is 1. The van der Waals surface area contributed by atoms with Gasteiger partial charge >= 0.3 is 0 Å². The van der Waals surface area contributed by atoms with Crippen LogP contribution in [0.4, 0.5) is 11.4 Å². The van der Waals surface area contributed by atoms with Crippen molar-refractivity contribution >= 4 is 23.2 Å². The highest BCUT2D eigenvalue weighted by Gasteiger charge is 2.25. The van der Waals surface area contributed by atoms with E-state index in [9.17, 15) is 14.7 Å². The van der Waals surface area contributed by atoms with E-state index in [1.807, 2.05) is 43.3 Å². The van der Waals surface area contributed by atoms with Gasteiger partial charge in [-0.15, -0.1) is 0 Å². The van der Waals surface area contributed by atoms with Crippen LogP contribution < -0.4 is 10.2 Å². The van der Waals surface area contributed by atoms with Crippen LogP contribution in [-0.4, -0.2) is 23.5 Å². The molecular weight excluding hydrogens is 304 g/mol. The first-order valence-electron chi connectivity index (χ1n) is 7.97. The predicted molar refractivity (Wildman–Crippen MR) is 92.8 cm³/mol. The Balaban J connectivity index is 1.77. The summed E-state index contributed by atoms with van der Waals surface area (Å²) in [5.74, 6) is -0.289. The highest BCUT2D eigenvalue weighted by atomic mass is 16.3. The average Bonchev–Trinajstić information content (AvgIpc) is 2.59. The number of amides is 2. The highest BCUT2D eigenvalue weighted by molar-refractivity contribution is 6.04. The molecular formula is C19H20N2O3. The normalized spacial score (nSPS) is 13.6. The van der Waals surface area contributed by atoms with E-state index >= 15 is 0 Å². The maximum absolute atomic E-state index is 12.4. The van der Waals surface area contributed by atoms with Crippen molar-refractivity contribution in [1.29, 1.82) is 0 Å². The van der Waals surface area contributed by atoms with Gasteiger partial charge in [0.1, 0.15) is 6.54 Å². The van der Waals surface area contributed by atoms with E-state index < -0.39 is 0 Å². The van der Waals surface area contributed by atoms with E-state index in [1.54, 1.807) is 11.0 Å². The zero-order valence-corrected chi connectivity index (χ0v) is 13.6. The Bertz CT molecular complexity index is 786. The van der Waals surface area contributed by atoms with Crippen molar-refractivity contribution in [1.82, 2.24) is 0 Å². The number of nitrogens with zero attached hydrogens (tertiary/aromatic N) is 1. The molecule has 2 N–H and O–H groups in total. The molecule has 0 unspecified atom stereocenters. The first-order chi connectivity index (χ1) is 11.6. The van der Waals surface area contributed by atoms with Crippen molar-refractivity contribution < 1.29 is 14.7 Å². The maximum Gasteiger partial charge on any atom is 0.244 e. The van der Waals surface area contributed by atoms with Crippen molar-refractivity contribution in [3.05, 3.63) is 59.2 Å². The Hall–Kier alpha value is -2.66. The van der Waals surface area contributed by atoms with Gasteiger partial charge < -0.3 is 15.3 Å². The summed E-state index contributed by atoms with van der Waals surface area (Å²) in [5, 5.41) is 12.1. The van der Waals surface area contributed by atoms with Crippen LogP contribution >= 0.6 is 0 Å². The number of hydrogen-bond donors (Lipinski definition) is 2. The number of carbonyl (C=O) groups is 2. The minimum Gasteiger partial charge on any atom is -0.392 e. The van der Waals surface area contributed by atoms with Crippen LogP contribution in [0, 0.1) is 6.92 Å². The van der Waals surface area contributed by atoms with Gasteiger partial charge in [0.15, 0.2) is 0 Å². The van der Waals surface area contributed by atoms with Crippen LogP contribution in [0.2, 0.25) is 0 Å². The Morgan fingerprint density at radius 3 is 2.79 bits per heavy atom. The fourth-order valence-electron chi connectivity index (χ4n) is 2.91. The number of hydrogen-bond acceptors (Lipinski definition) is 3. The summed E-state index contributed by atoms with van der Waals surface area (Å²) in [6.45, 7) is 1.79. The lowest BCUT2D eigenvalue weighted by atomic mass is 10.0. The number of aliphatic hydroxyl groups is 1. The van der Waals surface area contributed by atoms with E-state index in [-0.39, 0.29) is 25.0 Å². The second-order valence-corrected chi connectivity index (χ2v) is 5.96. The zero-order chi connectivity index (χ0) is 17.1. The van der Waals surface area contributed by atoms with Crippen LogP contribution in [0.15, 0.2) is 42.5 Å². The summed E-state index contributed by atoms with van der Waals surface area (Å²) < 4.78 is 0. The molecule has 0 aromatic heterocycles. The average molecular weight is 324 g/mol. The fraction of sp³-hybridized carbons (Fsp3) is 0.263. The minimum atomic E-state index is -0.252. The molecule has 0 spiro atoms. The van der Waals surface area contributed by atoms with E-state index in [2.05, 4.69) is 5.32 Å². The molecule has 0 atom stereocenters. The quantitative estimate of drug-likeness (QED) is 0.907. The van der Waals surface area contributed by atoms with Crippen LogP contribution in [0.5, 0.6) is 0 Å². The molecule has 3 rings (SSSR count). The van der Waals surface area contributed by atoms with Crippen LogP contribution in [0.1, 0.15) is 23.1 Å². The lowest BCUT2D eigenvalue weighted by Gasteiger charge is -2.28. The molecule has 1 aliphatic rings. The van der Waals surface area contributed by atoms with Gasteiger partial charge in [-0.25, -0.2) is 0 Å². The number of aryl methyl sites for hydroxylation is 2. The first kappa shape index (κ1) is 16.2. The molecule has 1 heterocycles. The van der Waals surface area contributed by atoms with Gasteiger partial charge in [-0.2, -0.15) is 0 Å². The topological polar surface area (TPSA) is 69.6 Å².